The normalized spacial score (nSPS) is 25.9. The van der Waals surface area contributed by atoms with E-state index in [1.807, 2.05) is 23.1 Å². The predicted molar refractivity (Wildman–Crippen MR) is 115 cm³/mol. The lowest BCUT2D eigenvalue weighted by molar-refractivity contribution is -0.141. The van der Waals surface area contributed by atoms with E-state index in [2.05, 4.69) is 23.6 Å². The number of nitrogens with zero attached hydrogens (tertiary/aromatic N) is 2. The molecule has 1 saturated heterocycles. The number of imide groups is 1. The molecule has 0 spiro atoms. The lowest BCUT2D eigenvalue weighted by atomic mass is 9.81. The number of carbonyl (C=O) groups is 3. The predicted octanol–water partition coefficient (Wildman–Crippen LogP) is 3.79. The third kappa shape index (κ3) is 3.27. The number of rotatable bonds is 4. The number of hydrogen-bond donors (Lipinski definition) is 0. The Balaban J connectivity index is 1.33. The zero-order chi connectivity index (χ0) is 20.7. The Morgan fingerprint density at radius 1 is 1.00 bits per heavy atom. The molecule has 1 aliphatic carbocycles. The van der Waals surface area contributed by atoms with Crippen molar-refractivity contribution in [2.45, 2.75) is 44.6 Å². The summed E-state index contributed by atoms with van der Waals surface area (Å²) in [5.41, 5.74) is 2.30. The van der Waals surface area contributed by atoms with Crippen molar-refractivity contribution < 1.29 is 14.4 Å². The maximum absolute atomic E-state index is 13.3. The van der Waals surface area contributed by atoms with Gasteiger partial charge in [-0.3, -0.25) is 19.3 Å². The third-order valence-corrected chi connectivity index (χ3v) is 7.88. The number of thiophene rings is 1. The van der Waals surface area contributed by atoms with Gasteiger partial charge in [0.25, 0.3) is 0 Å². The Bertz CT molecular complexity index is 946. The van der Waals surface area contributed by atoms with Crippen molar-refractivity contribution in [3.8, 4) is 0 Å². The first-order valence-corrected chi connectivity index (χ1v) is 11.8. The van der Waals surface area contributed by atoms with Gasteiger partial charge in [-0.05, 0) is 41.8 Å². The van der Waals surface area contributed by atoms with Crippen LogP contribution in [0.15, 0.2) is 41.8 Å². The average molecular weight is 423 g/mol. The second-order valence-corrected chi connectivity index (χ2v) is 9.53. The molecule has 0 N–H and O–H groups in total. The summed E-state index contributed by atoms with van der Waals surface area (Å²) >= 11 is 1.75. The monoisotopic (exact) mass is 422 g/mol. The summed E-state index contributed by atoms with van der Waals surface area (Å²) < 4.78 is 0. The molecule has 0 bridgehead atoms. The highest BCUT2D eigenvalue weighted by Crippen LogP contribution is 2.39. The molecule has 1 aromatic heterocycles. The highest BCUT2D eigenvalue weighted by Gasteiger charge is 2.48. The molecule has 3 amide bonds. The van der Waals surface area contributed by atoms with E-state index < -0.39 is 0 Å². The molecule has 156 valence electrons. The van der Waals surface area contributed by atoms with Crippen LogP contribution in [0.2, 0.25) is 0 Å². The number of amides is 3. The quantitative estimate of drug-likeness (QED) is 0.705. The van der Waals surface area contributed by atoms with Crippen LogP contribution < -0.4 is 0 Å². The van der Waals surface area contributed by atoms with Crippen molar-refractivity contribution in [3.63, 3.8) is 0 Å². The van der Waals surface area contributed by atoms with Gasteiger partial charge in [-0.15, -0.1) is 11.3 Å². The Labute approximate surface area is 180 Å². The summed E-state index contributed by atoms with van der Waals surface area (Å²) in [4.78, 5) is 43.4. The molecule has 3 atom stereocenters. The average Bonchev–Trinajstić information content (AvgIpc) is 3.35. The summed E-state index contributed by atoms with van der Waals surface area (Å²) in [6, 6.07) is 12.1. The van der Waals surface area contributed by atoms with Gasteiger partial charge in [0, 0.05) is 24.4 Å². The Morgan fingerprint density at radius 3 is 2.40 bits per heavy atom. The van der Waals surface area contributed by atoms with E-state index >= 15 is 0 Å². The third-order valence-electron chi connectivity index (χ3n) is 6.88. The van der Waals surface area contributed by atoms with E-state index in [0.29, 0.717) is 6.54 Å². The molecule has 30 heavy (non-hydrogen) atoms. The van der Waals surface area contributed by atoms with Gasteiger partial charge in [0.1, 0.15) is 0 Å². The summed E-state index contributed by atoms with van der Waals surface area (Å²) in [5.74, 6) is -0.411. The van der Waals surface area contributed by atoms with Crippen LogP contribution in [0.5, 0.6) is 0 Å². The maximum Gasteiger partial charge on any atom is 0.233 e. The molecule has 5 nitrogen and oxygen atoms in total. The van der Waals surface area contributed by atoms with Gasteiger partial charge in [-0.1, -0.05) is 43.2 Å². The Hall–Kier alpha value is -2.47. The van der Waals surface area contributed by atoms with Crippen LogP contribution in [0.4, 0.5) is 0 Å². The molecule has 3 heterocycles. The molecule has 6 heteroatoms. The molecule has 0 radical (unpaired) electrons. The van der Waals surface area contributed by atoms with Crippen molar-refractivity contribution in [1.29, 1.82) is 0 Å². The molecular formula is C24H26N2O3S. The second-order valence-electron chi connectivity index (χ2n) is 8.53. The van der Waals surface area contributed by atoms with Gasteiger partial charge in [-0.2, -0.15) is 0 Å². The first kappa shape index (κ1) is 19.5. The summed E-state index contributed by atoms with van der Waals surface area (Å²) in [5, 5.41) is 2.10. The van der Waals surface area contributed by atoms with E-state index in [1.165, 1.54) is 15.3 Å². The van der Waals surface area contributed by atoms with E-state index in [9.17, 15) is 14.4 Å². The fraction of sp³-hybridized carbons (Fsp3) is 0.458. The second kappa shape index (κ2) is 7.99. The van der Waals surface area contributed by atoms with Gasteiger partial charge < -0.3 is 4.90 Å². The van der Waals surface area contributed by atoms with Gasteiger partial charge in [0.15, 0.2) is 0 Å². The molecule has 3 aliphatic rings. The van der Waals surface area contributed by atoms with Crippen molar-refractivity contribution in [2.75, 3.05) is 13.1 Å². The smallest absolute Gasteiger partial charge is 0.233 e. The minimum absolute atomic E-state index is 0.0103. The standard InChI is InChI=1S/C24H26N2O3S/c27-21(11-14-26-23(28)17-8-4-5-9-18(17)24(26)29)25-13-10-20-19(12-15-30-20)22(25)16-6-2-1-3-7-16/h1-3,6-7,12,15,17-18,22H,4-5,8-11,13-14H2/t17-,18-,22-/m1/s1. The lowest BCUT2D eigenvalue weighted by Gasteiger charge is -2.36. The Kier molecular flexibility index (Phi) is 5.19. The van der Waals surface area contributed by atoms with Crippen molar-refractivity contribution in [3.05, 3.63) is 57.8 Å². The molecule has 2 aromatic rings. The molecule has 2 fully saturated rings. The largest absolute Gasteiger partial charge is 0.331 e. The molecule has 1 aromatic carbocycles. The highest BCUT2D eigenvalue weighted by atomic mass is 32.1. The van der Waals surface area contributed by atoms with Gasteiger partial charge in [0.05, 0.1) is 17.9 Å². The van der Waals surface area contributed by atoms with Crippen molar-refractivity contribution in [1.82, 2.24) is 9.80 Å². The van der Waals surface area contributed by atoms with Crippen LogP contribution in [0.1, 0.15) is 54.1 Å². The molecule has 1 saturated carbocycles. The van der Waals surface area contributed by atoms with Crippen LogP contribution in [-0.4, -0.2) is 40.6 Å². The first-order valence-electron chi connectivity index (χ1n) is 10.9. The minimum atomic E-state index is -0.151. The lowest BCUT2D eigenvalue weighted by Crippen LogP contribution is -2.42. The van der Waals surface area contributed by atoms with Crippen LogP contribution in [0, 0.1) is 11.8 Å². The van der Waals surface area contributed by atoms with Gasteiger partial charge >= 0.3 is 0 Å². The number of carbonyl (C=O) groups excluding carboxylic acids is 3. The first-order chi connectivity index (χ1) is 14.6. The van der Waals surface area contributed by atoms with Crippen molar-refractivity contribution >= 4 is 29.1 Å². The van der Waals surface area contributed by atoms with E-state index in [-0.39, 0.29) is 48.6 Å². The zero-order valence-corrected chi connectivity index (χ0v) is 17.8. The Morgan fingerprint density at radius 2 is 1.70 bits per heavy atom. The van der Waals surface area contributed by atoms with Gasteiger partial charge in [-0.25, -0.2) is 0 Å². The summed E-state index contributed by atoms with van der Waals surface area (Å²) in [6.45, 7) is 0.872. The van der Waals surface area contributed by atoms with Crippen LogP contribution in [0.3, 0.4) is 0 Å². The van der Waals surface area contributed by atoms with Crippen molar-refractivity contribution in [2.24, 2.45) is 11.8 Å². The number of benzene rings is 1. The molecule has 0 unspecified atom stereocenters. The highest BCUT2D eigenvalue weighted by molar-refractivity contribution is 7.10. The van der Waals surface area contributed by atoms with E-state index in [4.69, 9.17) is 0 Å². The fourth-order valence-corrected chi connectivity index (χ4v) is 6.29. The summed E-state index contributed by atoms with van der Waals surface area (Å²) in [6.07, 6.45) is 4.70. The number of fused-ring (bicyclic) bond motifs is 2. The summed E-state index contributed by atoms with van der Waals surface area (Å²) in [7, 11) is 0. The topological polar surface area (TPSA) is 57.7 Å². The minimum Gasteiger partial charge on any atom is -0.331 e. The SMILES string of the molecule is O=C1[C@@H]2CCCC[C@H]2C(=O)N1CCC(=O)N1CCc2sccc2[C@H]1c1ccccc1. The van der Waals surface area contributed by atoms with Gasteiger partial charge in [0.2, 0.25) is 17.7 Å². The molecule has 2 aliphatic heterocycles. The fourth-order valence-electron chi connectivity index (χ4n) is 5.38. The van der Waals surface area contributed by atoms with E-state index in [1.54, 1.807) is 11.3 Å². The van der Waals surface area contributed by atoms with Crippen LogP contribution >= 0.6 is 11.3 Å². The van der Waals surface area contributed by atoms with Crippen LogP contribution in [0.25, 0.3) is 0 Å². The van der Waals surface area contributed by atoms with Crippen LogP contribution in [-0.2, 0) is 20.8 Å². The van der Waals surface area contributed by atoms with E-state index in [0.717, 1.165) is 37.7 Å². The zero-order valence-electron chi connectivity index (χ0n) is 17.0. The number of hydrogen-bond acceptors (Lipinski definition) is 4. The molecule has 5 rings (SSSR count). The number of likely N-dealkylation sites (tertiary alicyclic amines) is 1. The maximum atomic E-state index is 13.3. The molecular weight excluding hydrogens is 396 g/mol.